The molecule has 0 aliphatic heterocycles. The number of nitrogens with zero attached hydrogens (tertiary/aromatic N) is 1. The number of ether oxygens (including phenoxy) is 1. The second-order valence-corrected chi connectivity index (χ2v) is 5.98. The van der Waals surface area contributed by atoms with Crippen LogP contribution in [0.1, 0.15) is 10.4 Å². The summed E-state index contributed by atoms with van der Waals surface area (Å²) >= 11 is 1.72. The maximum absolute atomic E-state index is 12.0. The Morgan fingerprint density at radius 3 is 2.86 bits per heavy atom. The molecule has 0 aliphatic rings. The van der Waals surface area contributed by atoms with Crippen molar-refractivity contribution in [1.82, 2.24) is 4.90 Å². The van der Waals surface area contributed by atoms with Gasteiger partial charge in [0, 0.05) is 23.2 Å². The maximum atomic E-state index is 12.0. The van der Waals surface area contributed by atoms with Crippen LogP contribution in [0.25, 0.3) is 0 Å². The predicted molar refractivity (Wildman–Crippen MR) is 87.0 cm³/mol. The van der Waals surface area contributed by atoms with Crippen LogP contribution in [0.3, 0.4) is 0 Å². The van der Waals surface area contributed by atoms with Crippen molar-refractivity contribution in [3.8, 4) is 5.75 Å². The van der Waals surface area contributed by atoms with Crippen molar-refractivity contribution in [1.29, 1.82) is 0 Å². The second-order valence-electron chi connectivity index (χ2n) is 4.98. The van der Waals surface area contributed by atoms with Gasteiger partial charge in [-0.2, -0.15) is 0 Å². The third kappa shape index (κ3) is 4.58. The van der Waals surface area contributed by atoms with E-state index in [1.165, 1.54) is 10.4 Å². The van der Waals surface area contributed by atoms with E-state index < -0.39 is 0 Å². The number of methoxy groups -OCH3 is 1. The van der Waals surface area contributed by atoms with Gasteiger partial charge in [-0.15, -0.1) is 11.3 Å². The molecule has 0 spiro atoms. The van der Waals surface area contributed by atoms with Gasteiger partial charge in [0.2, 0.25) is 5.91 Å². The van der Waals surface area contributed by atoms with E-state index in [9.17, 15) is 4.79 Å². The Morgan fingerprint density at radius 1 is 1.38 bits per heavy atom. The van der Waals surface area contributed by atoms with Crippen molar-refractivity contribution >= 4 is 22.9 Å². The molecule has 4 nitrogen and oxygen atoms in total. The van der Waals surface area contributed by atoms with Crippen molar-refractivity contribution in [3.63, 3.8) is 0 Å². The molecule has 1 N–H and O–H groups in total. The number of carbonyl (C=O) groups is 1. The van der Waals surface area contributed by atoms with Gasteiger partial charge in [0.25, 0.3) is 0 Å². The third-order valence-corrected chi connectivity index (χ3v) is 4.16. The van der Waals surface area contributed by atoms with Crippen LogP contribution in [-0.2, 0) is 11.3 Å². The van der Waals surface area contributed by atoms with Crippen LogP contribution >= 0.6 is 11.3 Å². The average molecular weight is 304 g/mol. The summed E-state index contributed by atoms with van der Waals surface area (Å²) in [5, 5.41) is 4.96. The molecule has 1 amide bonds. The number of anilines is 1. The fourth-order valence-electron chi connectivity index (χ4n) is 2.01. The summed E-state index contributed by atoms with van der Waals surface area (Å²) in [6.07, 6.45) is 0. The first kappa shape index (κ1) is 15.5. The first-order valence-electron chi connectivity index (χ1n) is 6.74. The molecule has 112 valence electrons. The lowest BCUT2D eigenvalue weighted by atomic mass is 10.3. The molecule has 0 atom stereocenters. The SMILES string of the molecule is COc1cccc(NC(=O)CN(C)Cc2sccc2C)c1. The highest BCUT2D eigenvalue weighted by Gasteiger charge is 2.09. The summed E-state index contributed by atoms with van der Waals surface area (Å²) in [7, 11) is 3.56. The number of hydrogen-bond donors (Lipinski definition) is 1. The quantitative estimate of drug-likeness (QED) is 0.891. The van der Waals surface area contributed by atoms with Gasteiger partial charge in [0.15, 0.2) is 0 Å². The summed E-state index contributed by atoms with van der Waals surface area (Å²) in [5.74, 6) is 0.704. The van der Waals surface area contributed by atoms with E-state index in [0.29, 0.717) is 6.54 Å². The number of aryl methyl sites for hydroxylation is 1. The molecule has 0 saturated heterocycles. The molecule has 2 rings (SSSR count). The molecule has 0 aliphatic carbocycles. The number of amides is 1. The smallest absolute Gasteiger partial charge is 0.238 e. The van der Waals surface area contributed by atoms with Gasteiger partial charge < -0.3 is 10.1 Å². The molecule has 0 bridgehead atoms. The van der Waals surface area contributed by atoms with E-state index >= 15 is 0 Å². The monoisotopic (exact) mass is 304 g/mol. The van der Waals surface area contributed by atoms with E-state index in [1.54, 1.807) is 24.5 Å². The van der Waals surface area contributed by atoms with Gasteiger partial charge in [0.05, 0.1) is 13.7 Å². The van der Waals surface area contributed by atoms with Gasteiger partial charge in [-0.05, 0) is 43.1 Å². The minimum Gasteiger partial charge on any atom is -0.497 e. The Hall–Kier alpha value is -1.85. The fourth-order valence-corrected chi connectivity index (χ4v) is 3.00. The Labute approximate surface area is 129 Å². The highest BCUT2D eigenvalue weighted by Crippen LogP contribution is 2.18. The zero-order valence-corrected chi connectivity index (χ0v) is 13.4. The number of likely N-dealkylation sites (N-methyl/N-ethyl adjacent to an activating group) is 1. The molecule has 21 heavy (non-hydrogen) atoms. The highest BCUT2D eigenvalue weighted by molar-refractivity contribution is 7.10. The minimum atomic E-state index is -0.0278. The van der Waals surface area contributed by atoms with E-state index in [2.05, 4.69) is 23.7 Å². The summed E-state index contributed by atoms with van der Waals surface area (Å²) in [5.41, 5.74) is 2.03. The first-order valence-corrected chi connectivity index (χ1v) is 7.62. The van der Waals surface area contributed by atoms with E-state index in [-0.39, 0.29) is 5.91 Å². The minimum absolute atomic E-state index is 0.0278. The number of hydrogen-bond acceptors (Lipinski definition) is 4. The van der Waals surface area contributed by atoms with Crippen LogP contribution in [0.2, 0.25) is 0 Å². The maximum Gasteiger partial charge on any atom is 0.238 e. The summed E-state index contributed by atoms with van der Waals surface area (Å²) < 4.78 is 5.14. The Bertz CT molecular complexity index is 610. The van der Waals surface area contributed by atoms with Crippen LogP contribution in [0.4, 0.5) is 5.69 Å². The number of benzene rings is 1. The topological polar surface area (TPSA) is 41.6 Å². The van der Waals surface area contributed by atoms with Crippen molar-refractivity contribution in [2.45, 2.75) is 13.5 Å². The van der Waals surface area contributed by atoms with Crippen LogP contribution in [0, 0.1) is 6.92 Å². The molecule has 0 radical (unpaired) electrons. The molecule has 0 fully saturated rings. The third-order valence-electron chi connectivity index (χ3n) is 3.15. The molecule has 0 saturated carbocycles. The van der Waals surface area contributed by atoms with Crippen molar-refractivity contribution in [3.05, 3.63) is 46.2 Å². The zero-order valence-electron chi connectivity index (χ0n) is 12.6. The van der Waals surface area contributed by atoms with Gasteiger partial charge in [-0.3, -0.25) is 9.69 Å². The van der Waals surface area contributed by atoms with Crippen LogP contribution < -0.4 is 10.1 Å². The van der Waals surface area contributed by atoms with Crippen molar-refractivity contribution in [2.75, 3.05) is 26.0 Å². The Balaban J connectivity index is 1.87. The zero-order chi connectivity index (χ0) is 15.2. The van der Waals surface area contributed by atoms with E-state index in [0.717, 1.165) is 18.0 Å². The van der Waals surface area contributed by atoms with E-state index in [1.807, 2.05) is 30.1 Å². The van der Waals surface area contributed by atoms with Gasteiger partial charge >= 0.3 is 0 Å². The summed E-state index contributed by atoms with van der Waals surface area (Å²) in [6.45, 7) is 3.24. The molecular weight excluding hydrogens is 284 g/mol. The lowest BCUT2D eigenvalue weighted by Gasteiger charge is -2.16. The molecule has 0 unspecified atom stereocenters. The second kappa shape index (κ2) is 7.24. The normalized spacial score (nSPS) is 10.7. The lowest BCUT2D eigenvalue weighted by Crippen LogP contribution is -2.29. The summed E-state index contributed by atoms with van der Waals surface area (Å²) in [6, 6.07) is 9.46. The van der Waals surface area contributed by atoms with Crippen molar-refractivity contribution < 1.29 is 9.53 Å². The molecule has 5 heteroatoms. The fraction of sp³-hybridized carbons (Fsp3) is 0.312. The first-order chi connectivity index (χ1) is 10.1. The van der Waals surface area contributed by atoms with Gasteiger partial charge in [-0.25, -0.2) is 0 Å². The summed E-state index contributed by atoms with van der Waals surface area (Å²) in [4.78, 5) is 15.4. The van der Waals surface area contributed by atoms with Gasteiger partial charge in [-0.1, -0.05) is 6.07 Å². The average Bonchev–Trinajstić information content (AvgIpc) is 2.84. The largest absolute Gasteiger partial charge is 0.497 e. The van der Waals surface area contributed by atoms with Crippen LogP contribution in [0.15, 0.2) is 35.7 Å². The number of thiophene rings is 1. The Kier molecular flexibility index (Phi) is 5.36. The molecule has 1 aromatic heterocycles. The Morgan fingerprint density at radius 2 is 2.19 bits per heavy atom. The molecule has 1 heterocycles. The number of rotatable bonds is 6. The van der Waals surface area contributed by atoms with Crippen LogP contribution in [-0.4, -0.2) is 31.5 Å². The van der Waals surface area contributed by atoms with Crippen LogP contribution in [0.5, 0.6) is 5.75 Å². The number of carbonyl (C=O) groups excluding carboxylic acids is 1. The highest BCUT2D eigenvalue weighted by atomic mass is 32.1. The van der Waals surface area contributed by atoms with E-state index in [4.69, 9.17) is 4.74 Å². The standard InChI is InChI=1S/C16H20N2O2S/c1-12-7-8-21-15(12)10-18(2)11-16(19)17-13-5-4-6-14(9-13)20-3/h4-9H,10-11H2,1-3H3,(H,17,19). The molecular formula is C16H20N2O2S. The predicted octanol–water partition coefficient (Wildman–Crippen LogP) is 3.14. The van der Waals surface area contributed by atoms with Gasteiger partial charge in [0.1, 0.15) is 5.75 Å². The molecule has 1 aromatic carbocycles. The van der Waals surface area contributed by atoms with Crippen molar-refractivity contribution in [2.24, 2.45) is 0 Å². The number of nitrogens with one attached hydrogen (secondary N) is 1. The molecule has 2 aromatic rings. The lowest BCUT2D eigenvalue weighted by molar-refractivity contribution is -0.117.